The standard InChI is InChI=1S/C13H19N5O/c1-3-7-19-12-6-4-5-11(8-12)9-14-10(2)13-15-17-18-16-13/h4-6,8,10,14H,3,7,9H2,1-2H3,(H,15,16,17,18). The van der Waals surface area contributed by atoms with Crippen molar-refractivity contribution in [2.45, 2.75) is 32.9 Å². The molecule has 1 heterocycles. The molecule has 0 saturated carbocycles. The van der Waals surface area contributed by atoms with Crippen LogP contribution in [-0.2, 0) is 6.54 Å². The third kappa shape index (κ3) is 4.03. The van der Waals surface area contributed by atoms with Crippen LogP contribution >= 0.6 is 0 Å². The Kier molecular flexibility index (Phi) is 4.85. The zero-order valence-electron chi connectivity index (χ0n) is 11.3. The van der Waals surface area contributed by atoms with Gasteiger partial charge in [-0.2, -0.15) is 5.21 Å². The molecule has 0 fully saturated rings. The van der Waals surface area contributed by atoms with Gasteiger partial charge in [0, 0.05) is 6.54 Å². The Balaban J connectivity index is 1.88. The molecule has 0 saturated heterocycles. The van der Waals surface area contributed by atoms with Crippen molar-refractivity contribution in [1.82, 2.24) is 25.9 Å². The maximum absolute atomic E-state index is 5.61. The van der Waals surface area contributed by atoms with E-state index in [-0.39, 0.29) is 6.04 Å². The normalized spacial score (nSPS) is 12.3. The van der Waals surface area contributed by atoms with Crippen LogP contribution in [0.25, 0.3) is 0 Å². The monoisotopic (exact) mass is 261 g/mol. The lowest BCUT2D eigenvalue weighted by Crippen LogP contribution is -2.19. The highest BCUT2D eigenvalue weighted by Gasteiger charge is 2.09. The molecule has 0 aliphatic heterocycles. The molecule has 2 aromatic rings. The predicted octanol–water partition coefficient (Wildman–Crippen LogP) is 1.84. The van der Waals surface area contributed by atoms with E-state index in [1.54, 1.807) is 0 Å². The second-order valence-corrected chi connectivity index (χ2v) is 4.37. The van der Waals surface area contributed by atoms with E-state index in [0.717, 1.165) is 25.3 Å². The summed E-state index contributed by atoms with van der Waals surface area (Å²) in [6.07, 6.45) is 1.01. The molecule has 1 aromatic carbocycles. The van der Waals surface area contributed by atoms with Crippen molar-refractivity contribution >= 4 is 0 Å². The Morgan fingerprint density at radius 2 is 2.32 bits per heavy atom. The number of rotatable bonds is 7. The maximum atomic E-state index is 5.61. The molecular weight excluding hydrogens is 242 g/mol. The van der Waals surface area contributed by atoms with E-state index in [1.807, 2.05) is 25.1 Å². The largest absolute Gasteiger partial charge is 0.494 e. The van der Waals surface area contributed by atoms with Crippen molar-refractivity contribution < 1.29 is 4.74 Å². The average Bonchev–Trinajstić information content (AvgIpc) is 2.97. The van der Waals surface area contributed by atoms with Gasteiger partial charge in [0.25, 0.3) is 0 Å². The van der Waals surface area contributed by atoms with Crippen LogP contribution in [0.3, 0.4) is 0 Å². The number of ether oxygens (including phenoxy) is 1. The van der Waals surface area contributed by atoms with Crippen molar-refractivity contribution in [3.8, 4) is 5.75 Å². The molecule has 6 nitrogen and oxygen atoms in total. The Labute approximate surface area is 112 Å². The van der Waals surface area contributed by atoms with E-state index in [4.69, 9.17) is 4.74 Å². The average molecular weight is 261 g/mol. The first kappa shape index (κ1) is 13.5. The van der Waals surface area contributed by atoms with Gasteiger partial charge in [0.15, 0.2) is 5.82 Å². The molecule has 1 unspecified atom stereocenters. The first-order valence-corrected chi connectivity index (χ1v) is 6.48. The summed E-state index contributed by atoms with van der Waals surface area (Å²) in [4.78, 5) is 0. The minimum Gasteiger partial charge on any atom is -0.494 e. The van der Waals surface area contributed by atoms with Gasteiger partial charge in [0.05, 0.1) is 12.6 Å². The number of aromatic amines is 1. The molecule has 1 atom stereocenters. The number of hydrogen-bond acceptors (Lipinski definition) is 5. The Hall–Kier alpha value is -1.95. The number of aromatic nitrogens is 4. The van der Waals surface area contributed by atoms with Crippen LogP contribution in [0.5, 0.6) is 5.75 Å². The fraction of sp³-hybridized carbons (Fsp3) is 0.462. The van der Waals surface area contributed by atoms with Crippen LogP contribution in [0.4, 0.5) is 0 Å². The van der Waals surface area contributed by atoms with Crippen LogP contribution in [0.15, 0.2) is 24.3 Å². The summed E-state index contributed by atoms with van der Waals surface area (Å²) >= 11 is 0. The highest BCUT2D eigenvalue weighted by molar-refractivity contribution is 5.28. The van der Waals surface area contributed by atoms with Gasteiger partial charge in [-0.25, -0.2) is 0 Å². The van der Waals surface area contributed by atoms with Gasteiger partial charge >= 0.3 is 0 Å². The van der Waals surface area contributed by atoms with Crippen molar-refractivity contribution in [2.24, 2.45) is 0 Å². The lowest BCUT2D eigenvalue weighted by molar-refractivity contribution is 0.317. The zero-order valence-corrected chi connectivity index (χ0v) is 11.3. The minimum absolute atomic E-state index is 0.0546. The van der Waals surface area contributed by atoms with Crippen LogP contribution in [0.1, 0.15) is 37.7 Å². The lowest BCUT2D eigenvalue weighted by atomic mass is 10.2. The number of hydrogen-bond donors (Lipinski definition) is 2. The highest BCUT2D eigenvalue weighted by atomic mass is 16.5. The molecule has 0 aliphatic rings. The number of nitrogens with one attached hydrogen (secondary N) is 2. The van der Waals surface area contributed by atoms with Crippen molar-refractivity contribution in [3.63, 3.8) is 0 Å². The molecule has 102 valence electrons. The Morgan fingerprint density at radius 1 is 1.42 bits per heavy atom. The molecular formula is C13H19N5O. The fourth-order valence-electron chi connectivity index (χ4n) is 1.68. The third-order valence-electron chi connectivity index (χ3n) is 2.73. The second kappa shape index (κ2) is 6.84. The molecule has 0 bridgehead atoms. The molecule has 0 aliphatic carbocycles. The summed E-state index contributed by atoms with van der Waals surface area (Å²) in [5.74, 6) is 1.58. The predicted molar refractivity (Wildman–Crippen MR) is 71.7 cm³/mol. The molecule has 2 N–H and O–H groups in total. The van der Waals surface area contributed by atoms with Crippen molar-refractivity contribution in [3.05, 3.63) is 35.7 Å². The number of nitrogens with zero attached hydrogens (tertiary/aromatic N) is 3. The van der Waals surface area contributed by atoms with Gasteiger partial charge in [-0.3, -0.25) is 0 Å². The van der Waals surface area contributed by atoms with E-state index >= 15 is 0 Å². The topological polar surface area (TPSA) is 75.7 Å². The van der Waals surface area contributed by atoms with Gasteiger partial charge in [0.1, 0.15) is 5.75 Å². The number of benzene rings is 1. The van der Waals surface area contributed by atoms with Gasteiger partial charge < -0.3 is 10.1 Å². The maximum Gasteiger partial charge on any atom is 0.191 e. The fourth-order valence-corrected chi connectivity index (χ4v) is 1.68. The van der Waals surface area contributed by atoms with E-state index in [1.165, 1.54) is 5.56 Å². The summed E-state index contributed by atoms with van der Waals surface area (Å²) in [7, 11) is 0. The van der Waals surface area contributed by atoms with Gasteiger partial charge in [-0.15, -0.1) is 10.2 Å². The molecule has 19 heavy (non-hydrogen) atoms. The highest BCUT2D eigenvalue weighted by Crippen LogP contribution is 2.14. The van der Waals surface area contributed by atoms with Gasteiger partial charge in [-0.05, 0) is 31.0 Å². The SMILES string of the molecule is CCCOc1cccc(CNC(C)c2nn[nH]n2)c1. The van der Waals surface area contributed by atoms with Crippen LogP contribution in [0, 0.1) is 0 Å². The zero-order chi connectivity index (χ0) is 13.5. The molecule has 0 amide bonds. The quantitative estimate of drug-likeness (QED) is 0.795. The number of tetrazole rings is 1. The van der Waals surface area contributed by atoms with Crippen LogP contribution < -0.4 is 10.1 Å². The molecule has 1 aromatic heterocycles. The molecule has 0 spiro atoms. The van der Waals surface area contributed by atoms with Gasteiger partial charge in [-0.1, -0.05) is 24.3 Å². The van der Waals surface area contributed by atoms with Crippen molar-refractivity contribution in [2.75, 3.05) is 6.61 Å². The number of H-pyrrole nitrogens is 1. The first-order valence-electron chi connectivity index (χ1n) is 6.48. The van der Waals surface area contributed by atoms with E-state index in [0.29, 0.717) is 5.82 Å². The molecule has 2 rings (SSSR count). The van der Waals surface area contributed by atoms with Gasteiger partial charge in [0.2, 0.25) is 0 Å². The van der Waals surface area contributed by atoms with E-state index in [2.05, 4.69) is 38.9 Å². The van der Waals surface area contributed by atoms with E-state index < -0.39 is 0 Å². The summed E-state index contributed by atoms with van der Waals surface area (Å²) in [5.41, 5.74) is 1.17. The molecule has 0 radical (unpaired) electrons. The van der Waals surface area contributed by atoms with Crippen LogP contribution in [0.2, 0.25) is 0 Å². The lowest BCUT2D eigenvalue weighted by Gasteiger charge is -2.11. The summed E-state index contributed by atoms with van der Waals surface area (Å²) in [6.45, 7) is 5.58. The Bertz CT molecular complexity index is 486. The first-order chi connectivity index (χ1) is 9.29. The van der Waals surface area contributed by atoms with Crippen molar-refractivity contribution in [1.29, 1.82) is 0 Å². The summed E-state index contributed by atoms with van der Waals surface area (Å²) < 4.78 is 5.61. The second-order valence-electron chi connectivity index (χ2n) is 4.37. The Morgan fingerprint density at radius 3 is 3.05 bits per heavy atom. The van der Waals surface area contributed by atoms with Crippen LogP contribution in [-0.4, -0.2) is 27.2 Å². The van der Waals surface area contributed by atoms with E-state index in [9.17, 15) is 0 Å². The molecule has 6 heteroatoms. The summed E-state index contributed by atoms with van der Waals surface area (Å²) in [5, 5.41) is 17.2. The minimum atomic E-state index is 0.0546. The summed E-state index contributed by atoms with van der Waals surface area (Å²) in [6, 6.07) is 8.14. The smallest absolute Gasteiger partial charge is 0.191 e. The third-order valence-corrected chi connectivity index (χ3v) is 2.73.